The molecule has 1 aromatic rings. The van der Waals surface area contributed by atoms with Gasteiger partial charge in [0.05, 0.1) is 18.7 Å². The van der Waals surface area contributed by atoms with Gasteiger partial charge < -0.3 is 4.74 Å². The van der Waals surface area contributed by atoms with Crippen LogP contribution in [0.4, 0.5) is 0 Å². The molecule has 2 rings (SSSR count). The van der Waals surface area contributed by atoms with E-state index in [9.17, 15) is 5.26 Å². The van der Waals surface area contributed by atoms with Gasteiger partial charge in [-0.25, -0.2) is 0 Å². The third-order valence-corrected chi connectivity index (χ3v) is 4.06. The number of hydrogen-bond acceptors (Lipinski definition) is 4. The Morgan fingerprint density at radius 2 is 1.90 bits per heavy atom. The second kappa shape index (κ2) is 7.67. The second-order valence-corrected chi connectivity index (χ2v) is 5.49. The van der Waals surface area contributed by atoms with E-state index >= 15 is 0 Å². The van der Waals surface area contributed by atoms with Crippen molar-refractivity contribution in [3.63, 3.8) is 0 Å². The van der Waals surface area contributed by atoms with Crippen LogP contribution in [0.5, 0.6) is 5.75 Å². The molecular weight excluding hydrogens is 262 g/mol. The van der Waals surface area contributed by atoms with Crippen LogP contribution >= 0.6 is 0 Å². The van der Waals surface area contributed by atoms with Gasteiger partial charge in [-0.05, 0) is 30.5 Å². The molecule has 1 saturated carbocycles. The zero-order valence-corrected chi connectivity index (χ0v) is 12.4. The fourth-order valence-electron chi connectivity index (χ4n) is 2.88. The fourth-order valence-corrected chi connectivity index (χ4v) is 2.88. The molecule has 1 N–H and O–H groups in total. The molecule has 1 aliphatic carbocycles. The van der Waals surface area contributed by atoms with Gasteiger partial charge in [-0.3, -0.25) is 5.32 Å². The summed E-state index contributed by atoms with van der Waals surface area (Å²) in [5.74, 6) is 0.549. The van der Waals surface area contributed by atoms with E-state index in [1.807, 2.05) is 6.07 Å². The van der Waals surface area contributed by atoms with E-state index < -0.39 is 0 Å². The van der Waals surface area contributed by atoms with Crippen molar-refractivity contribution < 1.29 is 4.74 Å². The zero-order valence-electron chi connectivity index (χ0n) is 12.4. The molecule has 110 valence electrons. The standard InChI is InChI=1S/C17H21N3O/c1-21-17-9-8-13(10-14(17)11-18)16(12-19)20-15-6-4-2-3-5-7-15/h8-10,15-16,20H,2-7H2,1H3. The Kier molecular flexibility index (Phi) is 5.60. The molecule has 1 unspecified atom stereocenters. The monoisotopic (exact) mass is 283 g/mol. The Bertz CT molecular complexity index is 548. The maximum atomic E-state index is 9.44. The first kappa shape index (κ1) is 15.4. The number of rotatable bonds is 4. The summed E-state index contributed by atoms with van der Waals surface area (Å²) in [6.45, 7) is 0. The molecule has 0 heterocycles. The van der Waals surface area contributed by atoms with Gasteiger partial charge in [-0.15, -0.1) is 0 Å². The van der Waals surface area contributed by atoms with Crippen LogP contribution in [-0.4, -0.2) is 13.2 Å². The first-order valence-electron chi connectivity index (χ1n) is 7.52. The number of nitriles is 2. The van der Waals surface area contributed by atoms with Crippen LogP contribution in [0.1, 0.15) is 55.7 Å². The van der Waals surface area contributed by atoms with Crippen molar-refractivity contribution in [3.8, 4) is 17.9 Å². The number of methoxy groups -OCH3 is 1. The molecular formula is C17H21N3O. The van der Waals surface area contributed by atoms with Gasteiger partial charge in [0.25, 0.3) is 0 Å². The van der Waals surface area contributed by atoms with Gasteiger partial charge in [-0.1, -0.05) is 31.7 Å². The minimum absolute atomic E-state index is 0.369. The van der Waals surface area contributed by atoms with Crippen LogP contribution in [0.3, 0.4) is 0 Å². The Morgan fingerprint density at radius 1 is 1.19 bits per heavy atom. The van der Waals surface area contributed by atoms with Crippen LogP contribution in [0, 0.1) is 22.7 Å². The van der Waals surface area contributed by atoms with Crippen molar-refractivity contribution in [2.45, 2.75) is 50.6 Å². The van der Waals surface area contributed by atoms with Gasteiger partial charge in [0, 0.05) is 6.04 Å². The van der Waals surface area contributed by atoms with E-state index in [0.717, 1.165) is 18.4 Å². The average molecular weight is 283 g/mol. The normalized spacial score (nSPS) is 17.3. The van der Waals surface area contributed by atoms with Crippen molar-refractivity contribution in [2.24, 2.45) is 0 Å². The minimum Gasteiger partial charge on any atom is -0.495 e. The molecule has 4 nitrogen and oxygen atoms in total. The van der Waals surface area contributed by atoms with Crippen molar-refractivity contribution in [2.75, 3.05) is 7.11 Å². The smallest absolute Gasteiger partial charge is 0.136 e. The minimum atomic E-state index is -0.369. The van der Waals surface area contributed by atoms with E-state index in [1.165, 1.54) is 25.7 Å². The summed E-state index contributed by atoms with van der Waals surface area (Å²) in [6.07, 6.45) is 7.27. The van der Waals surface area contributed by atoms with Gasteiger partial charge in [0.2, 0.25) is 0 Å². The highest BCUT2D eigenvalue weighted by Crippen LogP contribution is 2.25. The summed E-state index contributed by atoms with van der Waals surface area (Å²) in [4.78, 5) is 0. The van der Waals surface area contributed by atoms with Gasteiger partial charge >= 0.3 is 0 Å². The average Bonchev–Trinajstić information content (AvgIpc) is 2.80. The van der Waals surface area contributed by atoms with Crippen molar-refractivity contribution in [3.05, 3.63) is 29.3 Å². The molecule has 21 heavy (non-hydrogen) atoms. The predicted octanol–water partition coefficient (Wildman–Crippen LogP) is 3.44. The molecule has 0 aliphatic heterocycles. The van der Waals surface area contributed by atoms with Crippen LogP contribution < -0.4 is 10.1 Å². The number of benzene rings is 1. The van der Waals surface area contributed by atoms with E-state index in [1.54, 1.807) is 19.2 Å². The summed E-state index contributed by atoms with van der Waals surface area (Å²) < 4.78 is 5.15. The Labute approximate surface area is 126 Å². The number of nitrogens with one attached hydrogen (secondary N) is 1. The summed E-state index contributed by atoms with van der Waals surface area (Å²) in [6, 6.07) is 9.82. The lowest BCUT2D eigenvalue weighted by atomic mass is 10.0. The molecule has 0 amide bonds. The lowest BCUT2D eigenvalue weighted by molar-refractivity contribution is 0.412. The molecule has 1 fully saturated rings. The van der Waals surface area contributed by atoms with Crippen molar-refractivity contribution >= 4 is 0 Å². The van der Waals surface area contributed by atoms with Crippen LogP contribution in [0.2, 0.25) is 0 Å². The number of ether oxygens (including phenoxy) is 1. The zero-order chi connectivity index (χ0) is 15.1. The molecule has 1 aliphatic rings. The summed E-state index contributed by atoms with van der Waals surface area (Å²) in [5, 5.41) is 22.0. The van der Waals surface area contributed by atoms with E-state index in [-0.39, 0.29) is 6.04 Å². The van der Waals surface area contributed by atoms with Gasteiger partial charge in [-0.2, -0.15) is 10.5 Å². The lowest BCUT2D eigenvalue weighted by Gasteiger charge is -2.21. The van der Waals surface area contributed by atoms with Crippen molar-refractivity contribution in [1.82, 2.24) is 5.32 Å². The van der Waals surface area contributed by atoms with Gasteiger partial charge in [0.1, 0.15) is 17.9 Å². The Hall–Kier alpha value is -2.04. The highest BCUT2D eigenvalue weighted by Gasteiger charge is 2.19. The van der Waals surface area contributed by atoms with E-state index in [0.29, 0.717) is 17.4 Å². The van der Waals surface area contributed by atoms with Gasteiger partial charge in [0.15, 0.2) is 0 Å². The summed E-state index contributed by atoms with van der Waals surface area (Å²) >= 11 is 0. The molecule has 0 saturated heterocycles. The maximum Gasteiger partial charge on any atom is 0.136 e. The largest absolute Gasteiger partial charge is 0.495 e. The van der Waals surface area contributed by atoms with Crippen LogP contribution in [0.15, 0.2) is 18.2 Å². The Morgan fingerprint density at radius 3 is 2.48 bits per heavy atom. The highest BCUT2D eigenvalue weighted by atomic mass is 16.5. The lowest BCUT2D eigenvalue weighted by Crippen LogP contribution is -2.31. The number of nitrogens with zero attached hydrogens (tertiary/aromatic N) is 2. The molecule has 0 bridgehead atoms. The number of hydrogen-bond donors (Lipinski definition) is 1. The SMILES string of the molecule is COc1ccc(C(C#N)NC2CCCCCC2)cc1C#N. The summed E-state index contributed by atoms with van der Waals surface area (Å²) in [5.41, 5.74) is 1.30. The van der Waals surface area contributed by atoms with Crippen LogP contribution in [0.25, 0.3) is 0 Å². The third kappa shape index (κ3) is 3.97. The van der Waals surface area contributed by atoms with E-state index in [2.05, 4.69) is 17.5 Å². The molecule has 1 atom stereocenters. The topological polar surface area (TPSA) is 68.8 Å². The first-order chi connectivity index (χ1) is 10.3. The molecule has 0 radical (unpaired) electrons. The quantitative estimate of drug-likeness (QED) is 0.859. The molecule has 0 aromatic heterocycles. The fraction of sp³-hybridized carbons (Fsp3) is 0.529. The molecule has 1 aromatic carbocycles. The Balaban J connectivity index is 2.14. The van der Waals surface area contributed by atoms with E-state index in [4.69, 9.17) is 10.00 Å². The summed E-state index contributed by atoms with van der Waals surface area (Å²) in [7, 11) is 1.54. The highest BCUT2D eigenvalue weighted by molar-refractivity contribution is 5.46. The van der Waals surface area contributed by atoms with Crippen molar-refractivity contribution in [1.29, 1.82) is 10.5 Å². The molecule has 0 spiro atoms. The molecule has 4 heteroatoms. The second-order valence-electron chi connectivity index (χ2n) is 5.49. The first-order valence-corrected chi connectivity index (χ1v) is 7.52. The van der Waals surface area contributed by atoms with Crippen LogP contribution in [-0.2, 0) is 0 Å². The third-order valence-electron chi connectivity index (χ3n) is 4.06. The predicted molar refractivity (Wildman–Crippen MR) is 80.7 cm³/mol. The maximum absolute atomic E-state index is 9.44.